The van der Waals surface area contributed by atoms with Gasteiger partial charge in [-0.25, -0.2) is 0 Å². The Morgan fingerprint density at radius 2 is 1.78 bits per heavy atom. The number of hydrogen-bond acceptors (Lipinski definition) is 5. The highest BCUT2D eigenvalue weighted by atomic mass is 127. The molecule has 8 heteroatoms. The monoisotopic (exact) mass is 626 g/mol. The van der Waals surface area contributed by atoms with E-state index < -0.39 is 0 Å². The second kappa shape index (κ2) is 14.7. The molecule has 0 aliphatic heterocycles. The van der Waals surface area contributed by atoms with Crippen molar-refractivity contribution in [2.45, 2.75) is 13.3 Å². The molecule has 3 N–H and O–H groups in total. The van der Waals surface area contributed by atoms with Crippen molar-refractivity contribution in [1.29, 1.82) is 5.41 Å². The molecule has 0 amide bonds. The number of aliphatic imine (C=N–C) groups is 1. The van der Waals surface area contributed by atoms with Gasteiger partial charge in [-0.05, 0) is 80.1 Å². The SMILES string of the molecule is CC/C(=C(/c1ccc(/C=C/C(=NC)NSC=O)cc1)c1ccc(NPI)c(C=N)c1)c1ccccc1. The Morgan fingerprint density at radius 1 is 1.06 bits per heavy atom. The number of allylic oxidation sites excluding steroid dienone is 1. The number of rotatable bonds is 11. The lowest BCUT2D eigenvalue weighted by atomic mass is 9.87. The fourth-order valence-corrected chi connectivity index (χ4v) is 5.39. The molecular formula is C28H28IN4OPS. The Hall–Kier alpha value is -2.74. The van der Waals surface area contributed by atoms with Gasteiger partial charge in [0.05, 0.1) is 0 Å². The summed E-state index contributed by atoms with van der Waals surface area (Å²) in [6, 6.07) is 25.2. The zero-order chi connectivity index (χ0) is 25.8. The van der Waals surface area contributed by atoms with Crippen molar-refractivity contribution in [2.24, 2.45) is 4.99 Å². The van der Waals surface area contributed by atoms with Crippen LogP contribution in [0.15, 0.2) is 83.9 Å². The third kappa shape index (κ3) is 7.38. The van der Waals surface area contributed by atoms with Crippen LogP contribution in [0.25, 0.3) is 17.2 Å². The minimum atomic E-state index is 0.534. The van der Waals surface area contributed by atoms with Gasteiger partial charge in [0.2, 0.25) is 0 Å². The van der Waals surface area contributed by atoms with Gasteiger partial charge in [-0.1, -0.05) is 73.7 Å². The number of nitrogens with one attached hydrogen (secondary N) is 3. The van der Waals surface area contributed by atoms with Crippen molar-refractivity contribution in [1.82, 2.24) is 4.72 Å². The average Bonchev–Trinajstić information content (AvgIpc) is 2.93. The van der Waals surface area contributed by atoms with E-state index in [4.69, 9.17) is 5.41 Å². The predicted octanol–water partition coefficient (Wildman–Crippen LogP) is 7.88. The summed E-state index contributed by atoms with van der Waals surface area (Å²) >= 11 is 3.25. The second-order valence-electron chi connectivity index (χ2n) is 7.62. The molecular weight excluding hydrogens is 598 g/mol. The van der Waals surface area contributed by atoms with Crippen LogP contribution >= 0.6 is 40.4 Å². The van der Waals surface area contributed by atoms with Gasteiger partial charge in [0, 0.05) is 42.8 Å². The largest absolute Gasteiger partial charge is 0.358 e. The first-order valence-corrected chi connectivity index (χ1v) is 16.3. The minimum absolute atomic E-state index is 0.534. The van der Waals surface area contributed by atoms with Crippen LogP contribution in [0.1, 0.15) is 41.2 Å². The van der Waals surface area contributed by atoms with E-state index in [9.17, 15) is 4.79 Å². The summed E-state index contributed by atoms with van der Waals surface area (Å²) in [5, 5.41) is 11.3. The van der Waals surface area contributed by atoms with Gasteiger partial charge in [0.1, 0.15) is 5.84 Å². The molecule has 3 rings (SSSR count). The number of carbonyl (C=O) groups excluding carboxylic acids is 1. The van der Waals surface area contributed by atoms with Crippen molar-refractivity contribution in [3.63, 3.8) is 0 Å². The van der Waals surface area contributed by atoms with Gasteiger partial charge in [-0.15, -0.1) is 0 Å². The predicted molar refractivity (Wildman–Crippen MR) is 169 cm³/mol. The van der Waals surface area contributed by atoms with E-state index in [1.54, 1.807) is 7.05 Å². The van der Waals surface area contributed by atoms with Crippen LogP contribution in [0.3, 0.4) is 0 Å². The lowest BCUT2D eigenvalue weighted by molar-refractivity contribution is 0.570. The summed E-state index contributed by atoms with van der Waals surface area (Å²) < 4.78 is 2.89. The highest BCUT2D eigenvalue weighted by Gasteiger charge is 2.14. The maximum Gasteiger partial charge on any atom is 0.196 e. The average molecular weight is 627 g/mol. The fourth-order valence-electron chi connectivity index (χ4n) is 3.86. The summed E-state index contributed by atoms with van der Waals surface area (Å²) in [5.41, 5.74) is 9.38. The van der Waals surface area contributed by atoms with Crippen molar-refractivity contribution in [2.75, 3.05) is 12.1 Å². The van der Waals surface area contributed by atoms with Crippen LogP contribution in [0.5, 0.6) is 0 Å². The molecule has 0 aliphatic rings. The molecule has 5 nitrogen and oxygen atoms in total. The quantitative estimate of drug-likeness (QED) is 0.0385. The number of carbonyl (C=O) groups is 1. The molecule has 0 heterocycles. The number of anilines is 1. The van der Waals surface area contributed by atoms with E-state index in [0.29, 0.717) is 12.2 Å². The molecule has 1 unspecified atom stereocenters. The fraction of sp³-hybridized carbons (Fsp3) is 0.107. The van der Waals surface area contributed by atoms with Crippen LogP contribution < -0.4 is 9.81 Å². The van der Waals surface area contributed by atoms with Crippen LogP contribution in [-0.2, 0) is 4.79 Å². The van der Waals surface area contributed by atoms with E-state index in [0.717, 1.165) is 57.5 Å². The Morgan fingerprint density at radius 3 is 2.39 bits per heavy atom. The van der Waals surface area contributed by atoms with Crippen molar-refractivity contribution in [3.8, 4) is 0 Å². The zero-order valence-electron chi connectivity index (χ0n) is 20.1. The first-order valence-electron chi connectivity index (χ1n) is 11.3. The standard InChI is InChI=1S/C28H28IN4OPS/c1-3-25(21-7-5-4-6-8-21)28(23-14-15-26(32-35-29)24(17-23)18-30)22-12-9-20(10-13-22)11-16-27(31-2)33-36-19-34/h4-19,30,32,35H,3H2,1-2H3,(H,31,33)/b16-11+,28-25+,30-18?. The van der Waals surface area contributed by atoms with Crippen molar-refractivity contribution >= 4 is 80.9 Å². The molecule has 0 bridgehead atoms. The van der Waals surface area contributed by atoms with Crippen molar-refractivity contribution in [3.05, 3.63) is 107 Å². The maximum atomic E-state index is 10.6. The highest BCUT2D eigenvalue weighted by Crippen LogP contribution is 2.36. The summed E-state index contributed by atoms with van der Waals surface area (Å²) in [6.07, 6.45) is 6.62. The number of hydrogen-bond donors (Lipinski definition) is 3. The van der Waals surface area contributed by atoms with Crippen LogP contribution in [0.4, 0.5) is 5.69 Å². The normalized spacial score (nSPS) is 12.6. The molecule has 0 saturated heterocycles. The number of halogens is 1. The maximum absolute atomic E-state index is 10.6. The molecule has 0 saturated carbocycles. The van der Waals surface area contributed by atoms with Gasteiger partial charge in [-0.2, -0.15) is 0 Å². The lowest BCUT2D eigenvalue weighted by Gasteiger charge is -2.18. The molecule has 36 heavy (non-hydrogen) atoms. The first-order chi connectivity index (χ1) is 17.6. The second-order valence-corrected chi connectivity index (χ2v) is 10.3. The van der Waals surface area contributed by atoms with Gasteiger partial charge >= 0.3 is 0 Å². The van der Waals surface area contributed by atoms with E-state index in [-0.39, 0.29) is 0 Å². The minimum Gasteiger partial charge on any atom is -0.358 e. The number of amidine groups is 1. The molecule has 184 valence electrons. The summed E-state index contributed by atoms with van der Waals surface area (Å²) in [4.78, 5) is 14.7. The first kappa shape index (κ1) is 27.8. The number of benzene rings is 3. The van der Waals surface area contributed by atoms with Gasteiger partial charge in [-0.3, -0.25) is 9.79 Å². The topological polar surface area (TPSA) is 77.3 Å². The molecule has 0 aromatic heterocycles. The third-order valence-electron chi connectivity index (χ3n) is 5.54. The van der Waals surface area contributed by atoms with E-state index in [1.165, 1.54) is 17.4 Å². The molecule has 0 fully saturated rings. The molecule has 3 aromatic carbocycles. The van der Waals surface area contributed by atoms with Gasteiger partial charge in [0.15, 0.2) is 5.62 Å². The Labute approximate surface area is 231 Å². The van der Waals surface area contributed by atoms with Gasteiger partial charge < -0.3 is 15.2 Å². The van der Waals surface area contributed by atoms with Gasteiger partial charge in [0.25, 0.3) is 0 Å². The van der Waals surface area contributed by atoms with Crippen LogP contribution in [0, 0.1) is 5.41 Å². The Bertz CT molecular complexity index is 1270. The molecule has 0 radical (unpaired) electrons. The molecule has 0 spiro atoms. The Kier molecular flexibility index (Phi) is 11.4. The van der Waals surface area contributed by atoms with Crippen LogP contribution in [-0.4, -0.2) is 24.7 Å². The smallest absolute Gasteiger partial charge is 0.196 e. The number of nitrogens with zero attached hydrogens (tertiary/aromatic N) is 1. The molecule has 3 aromatic rings. The summed E-state index contributed by atoms with van der Waals surface area (Å²) in [7, 11) is 1.68. The van der Waals surface area contributed by atoms with Crippen LogP contribution in [0.2, 0.25) is 0 Å². The zero-order valence-corrected chi connectivity index (χ0v) is 24.1. The third-order valence-corrected chi connectivity index (χ3v) is 7.14. The lowest BCUT2D eigenvalue weighted by Crippen LogP contribution is -2.12. The van der Waals surface area contributed by atoms with Crippen molar-refractivity contribution < 1.29 is 4.79 Å². The van der Waals surface area contributed by atoms with E-state index >= 15 is 0 Å². The molecule has 1 atom stereocenters. The Balaban J connectivity index is 2.09. The molecule has 0 aliphatic carbocycles. The summed E-state index contributed by atoms with van der Waals surface area (Å²) in [5.74, 6) is 0.620. The van der Waals surface area contributed by atoms with E-state index in [2.05, 4.69) is 110 Å². The highest BCUT2D eigenvalue weighted by molar-refractivity contribution is 14.2. The van der Waals surface area contributed by atoms with E-state index in [1.807, 2.05) is 18.2 Å². The summed E-state index contributed by atoms with van der Waals surface area (Å²) in [6.45, 7) is 2.18.